The Morgan fingerprint density at radius 1 is 1.40 bits per heavy atom. The van der Waals surface area contributed by atoms with Crippen LogP contribution in [0.4, 0.5) is 0 Å². The van der Waals surface area contributed by atoms with Gasteiger partial charge in [-0.05, 0) is 17.7 Å². The fourth-order valence-corrected chi connectivity index (χ4v) is 1.17. The van der Waals surface area contributed by atoms with Crippen LogP contribution in [0.3, 0.4) is 0 Å². The van der Waals surface area contributed by atoms with Gasteiger partial charge in [0.25, 0.3) is 0 Å². The molecule has 0 fully saturated rings. The maximum atomic E-state index is 10.6. The van der Waals surface area contributed by atoms with E-state index < -0.39 is 12.1 Å². The summed E-state index contributed by atoms with van der Waals surface area (Å²) in [6.07, 6.45) is -0.595. The molecule has 82 valence electrons. The van der Waals surface area contributed by atoms with Crippen LogP contribution in [-0.4, -0.2) is 54.5 Å². The van der Waals surface area contributed by atoms with E-state index in [1.165, 1.54) is 12.1 Å². The van der Waals surface area contributed by atoms with Crippen molar-refractivity contribution in [1.82, 2.24) is 0 Å². The molecule has 0 saturated carbocycles. The number of carbonyl (C=O) groups is 1. The summed E-state index contributed by atoms with van der Waals surface area (Å²) in [5.41, 5.74) is 0.651. The van der Waals surface area contributed by atoms with E-state index in [9.17, 15) is 9.90 Å². The van der Waals surface area contributed by atoms with Crippen LogP contribution in [0.1, 0.15) is 28.4 Å². The van der Waals surface area contributed by atoms with E-state index in [4.69, 9.17) is 10.2 Å². The number of hydrogen-bond acceptors (Lipinski definition) is 3. The Hall–Kier alpha value is -0.494. The van der Waals surface area contributed by atoms with Gasteiger partial charge in [0, 0.05) is 39.6 Å². The van der Waals surface area contributed by atoms with Crippen LogP contribution >= 0.6 is 0 Å². The second kappa shape index (κ2) is 6.89. The molecule has 4 nitrogen and oxygen atoms in total. The van der Waals surface area contributed by atoms with Crippen LogP contribution < -0.4 is 0 Å². The van der Waals surface area contributed by atoms with Gasteiger partial charge in [0.05, 0.1) is 11.7 Å². The first-order chi connectivity index (χ1) is 6.65. The predicted molar refractivity (Wildman–Crippen MR) is 55.8 cm³/mol. The van der Waals surface area contributed by atoms with E-state index in [1.54, 1.807) is 12.1 Å². The molecule has 0 aliphatic carbocycles. The molecule has 15 heavy (non-hydrogen) atoms. The van der Waals surface area contributed by atoms with E-state index in [0.717, 1.165) is 0 Å². The molecular formula is C10H12O4Po. The van der Waals surface area contributed by atoms with Crippen LogP contribution in [0.25, 0.3) is 0 Å². The monoisotopic (exact) mass is 405 g/mol. The van der Waals surface area contributed by atoms with Gasteiger partial charge in [0.2, 0.25) is 0 Å². The van der Waals surface area contributed by atoms with Crippen molar-refractivity contribution >= 4 is 32.5 Å². The van der Waals surface area contributed by atoms with Crippen LogP contribution in [0.5, 0.6) is 0 Å². The zero-order valence-corrected chi connectivity index (χ0v) is 11.1. The van der Waals surface area contributed by atoms with Crippen LogP contribution in [-0.2, 0) is 0 Å². The van der Waals surface area contributed by atoms with E-state index in [1.807, 2.05) is 0 Å². The third-order valence-electron chi connectivity index (χ3n) is 1.92. The molecule has 0 saturated heterocycles. The number of aliphatic hydroxyl groups excluding tert-OH is 2. The molecule has 0 aliphatic heterocycles. The fraction of sp³-hybridized carbons (Fsp3) is 0.300. The van der Waals surface area contributed by atoms with Crippen molar-refractivity contribution in [3.05, 3.63) is 35.4 Å². The summed E-state index contributed by atoms with van der Waals surface area (Å²) in [4.78, 5) is 10.6. The van der Waals surface area contributed by atoms with Crippen molar-refractivity contribution in [2.24, 2.45) is 0 Å². The van der Waals surface area contributed by atoms with E-state index in [0.29, 0.717) is 5.56 Å². The topological polar surface area (TPSA) is 77.8 Å². The number of aliphatic hydroxyl groups is 2. The summed E-state index contributed by atoms with van der Waals surface area (Å²) in [6.45, 7) is -0.127. The molecule has 1 aromatic carbocycles. The average molecular weight is 405 g/mol. The standard InChI is InChI=1S/C10H12O4.Po/c11-5-4-9(12)7-2-1-3-8(6-7)10(13)14;/h1-3,6,9,11-12H,4-5H2,(H,13,14);. The Morgan fingerprint density at radius 3 is 2.60 bits per heavy atom. The van der Waals surface area contributed by atoms with Gasteiger partial charge in [-0.3, -0.25) is 0 Å². The zero-order chi connectivity index (χ0) is 10.6. The summed E-state index contributed by atoms with van der Waals surface area (Å²) < 4.78 is 0. The van der Waals surface area contributed by atoms with Gasteiger partial charge in [0.1, 0.15) is 0 Å². The Balaban J connectivity index is 0.00000196. The first-order valence-electron chi connectivity index (χ1n) is 4.27. The first-order valence-corrected chi connectivity index (χ1v) is 4.27. The van der Waals surface area contributed by atoms with Crippen LogP contribution in [0.15, 0.2) is 24.3 Å². The zero-order valence-electron chi connectivity index (χ0n) is 7.96. The van der Waals surface area contributed by atoms with Gasteiger partial charge >= 0.3 is 5.97 Å². The van der Waals surface area contributed by atoms with Gasteiger partial charge in [-0.1, -0.05) is 12.1 Å². The van der Waals surface area contributed by atoms with Crippen molar-refractivity contribution in [3.63, 3.8) is 0 Å². The van der Waals surface area contributed by atoms with Crippen molar-refractivity contribution in [2.75, 3.05) is 6.61 Å². The molecule has 1 atom stereocenters. The number of hydrogen-bond donors (Lipinski definition) is 3. The van der Waals surface area contributed by atoms with Crippen LogP contribution in [0.2, 0.25) is 0 Å². The summed E-state index contributed by atoms with van der Waals surface area (Å²) in [5.74, 6) is -1.02. The number of benzene rings is 1. The molecule has 5 heteroatoms. The molecule has 0 heterocycles. The average Bonchev–Trinajstić information content (AvgIpc) is 2.18. The minimum absolute atomic E-state index is 0. The minimum Gasteiger partial charge on any atom is -0.478 e. The third-order valence-corrected chi connectivity index (χ3v) is 1.92. The fourth-order valence-electron chi connectivity index (χ4n) is 1.17. The Bertz CT molecular complexity index is 327. The Kier molecular flexibility index (Phi) is 6.67. The predicted octanol–water partition coefficient (Wildman–Crippen LogP) is 0.420. The molecule has 3 N–H and O–H groups in total. The smallest absolute Gasteiger partial charge is 0.335 e. The molecule has 0 aliphatic rings. The summed E-state index contributed by atoms with van der Waals surface area (Å²) in [5, 5.41) is 26.8. The largest absolute Gasteiger partial charge is 0.478 e. The molecule has 1 unspecified atom stereocenters. The van der Waals surface area contributed by atoms with Gasteiger partial charge in [-0.25, -0.2) is 4.79 Å². The molecule has 0 aromatic heterocycles. The SMILES string of the molecule is O=C(O)c1cccc(C(O)CCO)c1.[Po]. The molecule has 1 rings (SSSR count). The summed E-state index contributed by atoms with van der Waals surface area (Å²) >= 11 is 0. The van der Waals surface area contributed by atoms with Crippen LogP contribution in [0, 0.1) is 0 Å². The number of carboxylic acid groups (broad SMARTS) is 1. The molecular weight excluding hydrogens is 393 g/mol. The Labute approximate surface area is 107 Å². The van der Waals surface area contributed by atoms with E-state index >= 15 is 0 Å². The van der Waals surface area contributed by atoms with Crippen molar-refractivity contribution in [3.8, 4) is 0 Å². The second-order valence-electron chi connectivity index (χ2n) is 2.96. The maximum absolute atomic E-state index is 10.6. The van der Waals surface area contributed by atoms with Gasteiger partial charge in [-0.2, -0.15) is 0 Å². The normalized spacial score (nSPS) is 11.6. The summed E-state index contributed by atoms with van der Waals surface area (Å²) in [6, 6.07) is 6.06. The van der Waals surface area contributed by atoms with Gasteiger partial charge in [-0.15, -0.1) is 0 Å². The van der Waals surface area contributed by atoms with E-state index in [-0.39, 0.29) is 45.2 Å². The maximum Gasteiger partial charge on any atom is 0.335 e. The molecule has 0 bridgehead atoms. The molecule has 0 amide bonds. The quantitative estimate of drug-likeness (QED) is 0.679. The van der Waals surface area contributed by atoms with Crippen molar-refractivity contribution in [1.29, 1.82) is 0 Å². The first kappa shape index (κ1) is 14.5. The molecule has 2 radical (unpaired) electrons. The van der Waals surface area contributed by atoms with Gasteiger partial charge < -0.3 is 15.3 Å². The third kappa shape index (κ3) is 4.25. The summed E-state index contributed by atoms with van der Waals surface area (Å²) in [7, 11) is 0. The van der Waals surface area contributed by atoms with Gasteiger partial charge in [0.15, 0.2) is 0 Å². The van der Waals surface area contributed by atoms with E-state index in [2.05, 4.69) is 0 Å². The Morgan fingerprint density at radius 2 is 2.07 bits per heavy atom. The number of aromatic carboxylic acids is 1. The second-order valence-corrected chi connectivity index (χ2v) is 2.96. The van der Waals surface area contributed by atoms with Crippen molar-refractivity contribution < 1.29 is 20.1 Å². The van der Waals surface area contributed by atoms with Crippen molar-refractivity contribution in [2.45, 2.75) is 12.5 Å². The number of carboxylic acids is 1. The number of rotatable bonds is 4. The molecule has 1 aromatic rings. The minimum atomic E-state index is -1.02. The molecule has 0 spiro atoms.